The molecular formula is C23H36N2O3. The van der Waals surface area contributed by atoms with Crippen LogP contribution in [-0.2, 0) is 14.9 Å². The largest absolute Gasteiger partial charge is 0.450 e. The quantitative estimate of drug-likeness (QED) is 0.798. The van der Waals surface area contributed by atoms with E-state index in [1.807, 2.05) is 0 Å². The van der Waals surface area contributed by atoms with Gasteiger partial charge in [0.25, 0.3) is 0 Å². The maximum atomic E-state index is 12.9. The first-order valence-corrected chi connectivity index (χ1v) is 10.5. The Kier molecular flexibility index (Phi) is 7.50. The van der Waals surface area contributed by atoms with Crippen molar-refractivity contribution in [1.29, 1.82) is 0 Å². The smallest absolute Gasteiger partial charge is 0.409 e. The van der Waals surface area contributed by atoms with Gasteiger partial charge in [0, 0.05) is 19.0 Å². The molecular weight excluding hydrogens is 352 g/mol. The van der Waals surface area contributed by atoms with Crippen LogP contribution >= 0.6 is 0 Å². The molecule has 2 amide bonds. The SMILES string of the molecule is CCOC(=O)N1CCC(C(=O)NC(c2ccc(C(C)(C)C)cc2)C(C)C)CC1. The summed E-state index contributed by atoms with van der Waals surface area (Å²) < 4.78 is 5.05. The number of piperidine rings is 1. The predicted octanol–water partition coefficient (Wildman–Crippen LogP) is 4.67. The van der Waals surface area contributed by atoms with Gasteiger partial charge in [0.1, 0.15) is 0 Å². The van der Waals surface area contributed by atoms with Crippen molar-refractivity contribution in [2.75, 3.05) is 19.7 Å². The third-order valence-electron chi connectivity index (χ3n) is 5.49. The molecule has 1 fully saturated rings. The van der Waals surface area contributed by atoms with Gasteiger partial charge in [-0.15, -0.1) is 0 Å². The Bertz CT molecular complexity index is 653. The fourth-order valence-corrected chi connectivity index (χ4v) is 3.64. The van der Waals surface area contributed by atoms with Gasteiger partial charge in [0.2, 0.25) is 5.91 Å². The Morgan fingerprint density at radius 3 is 2.18 bits per heavy atom. The van der Waals surface area contributed by atoms with E-state index in [1.165, 1.54) is 5.56 Å². The molecule has 5 nitrogen and oxygen atoms in total. The van der Waals surface area contributed by atoms with Crippen molar-refractivity contribution in [2.45, 2.75) is 65.8 Å². The molecule has 1 saturated heterocycles. The number of benzene rings is 1. The third-order valence-corrected chi connectivity index (χ3v) is 5.49. The van der Waals surface area contributed by atoms with Gasteiger partial charge in [0.15, 0.2) is 0 Å². The average Bonchev–Trinajstić information content (AvgIpc) is 2.65. The highest BCUT2D eigenvalue weighted by Crippen LogP contribution is 2.28. The first kappa shape index (κ1) is 22.3. The highest BCUT2D eigenvalue weighted by Gasteiger charge is 2.30. The van der Waals surface area contributed by atoms with Crippen LogP contribution in [0.1, 0.15) is 71.6 Å². The normalized spacial score (nSPS) is 16.8. The minimum atomic E-state index is -0.277. The molecule has 1 N–H and O–H groups in total. The molecule has 1 unspecified atom stereocenters. The van der Waals surface area contributed by atoms with Crippen LogP contribution in [0, 0.1) is 11.8 Å². The zero-order chi connectivity index (χ0) is 20.9. The molecule has 0 aromatic heterocycles. The van der Waals surface area contributed by atoms with E-state index in [1.54, 1.807) is 11.8 Å². The van der Waals surface area contributed by atoms with Gasteiger partial charge < -0.3 is 15.0 Å². The minimum absolute atomic E-state index is 0.00963. The summed E-state index contributed by atoms with van der Waals surface area (Å²) in [6.45, 7) is 14.2. The van der Waals surface area contributed by atoms with Crippen LogP contribution < -0.4 is 5.32 Å². The van der Waals surface area contributed by atoms with Crippen molar-refractivity contribution < 1.29 is 14.3 Å². The summed E-state index contributed by atoms with van der Waals surface area (Å²) in [7, 11) is 0. The molecule has 0 radical (unpaired) electrons. The molecule has 1 aliphatic heterocycles. The van der Waals surface area contributed by atoms with Crippen molar-refractivity contribution in [3.8, 4) is 0 Å². The standard InChI is InChI=1S/C23H36N2O3/c1-7-28-22(27)25-14-12-18(13-15-25)21(26)24-20(16(2)3)17-8-10-19(11-9-17)23(4,5)6/h8-11,16,18,20H,7,12-15H2,1-6H3,(H,24,26). The maximum absolute atomic E-state index is 12.9. The van der Waals surface area contributed by atoms with E-state index in [9.17, 15) is 9.59 Å². The molecule has 156 valence electrons. The minimum Gasteiger partial charge on any atom is -0.450 e. The molecule has 28 heavy (non-hydrogen) atoms. The number of ether oxygens (including phenoxy) is 1. The number of amides is 2. The molecule has 1 aliphatic rings. The number of nitrogens with zero attached hydrogens (tertiary/aromatic N) is 1. The molecule has 0 saturated carbocycles. The number of nitrogens with one attached hydrogen (secondary N) is 1. The fraction of sp³-hybridized carbons (Fsp3) is 0.652. The Labute approximate surface area is 169 Å². The van der Waals surface area contributed by atoms with Crippen LogP contribution in [0.4, 0.5) is 4.79 Å². The van der Waals surface area contributed by atoms with Crippen molar-refractivity contribution >= 4 is 12.0 Å². The molecule has 1 atom stereocenters. The average molecular weight is 389 g/mol. The van der Waals surface area contributed by atoms with Crippen LogP contribution in [0.5, 0.6) is 0 Å². The number of carbonyl (C=O) groups is 2. The van der Waals surface area contributed by atoms with E-state index >= 15 is 0 Å². The highest BCUT2D eigenvalue weighted by molar-refractivity contribution is 5.79. The van der Waals surface area contributed by atoms with E-state index in [0.29, 0.717) is 38.5 Å². The van der Waals surface area contributed by atoms with E-state index in [-0.39, 0.29) is 29.4 Å². The third kappa shape index (κ3) is 5.73. The van der Waals surface area contributed by atoms with Gasteiger partial charge in [0.05, 0.1) is 12.6 Å². The van der Waals surface area contributed by atoms with Gasteiger partial charge in [-0.25, -0.2) is 4.79 Å². The first-order valence-electron chi connectivity index (χ1n) is 10.5. The molecule has 0 bridgehead atoms. The Hall–Kier alpha value is -2.04. The molecule has 2 rings (SSSR count). The van der Waals surface area contributed by atoms with Crippen molar-refractivity contribution in [1.82, 2.24) is 10.2 Å². The lowest BCUT2D eigenvalue weighted by Gasteiger charge is -2.32. The molecule has 1 aromatic rings. The van der Waals surface area contributed by atoms with E-state index in [0.717, 1.165) is 5.56 Å². The number of hydrogen-bond acceptors (Lipinski definition) is 3. The summed E-state index contributed by atoms with van der Waals surface area (Å²) in [5, 5.41) is 3.26. The molecule has 1 aromatic carbocycles. The van der Waals surface area contributed by atoms with Gasteiger partial charge in [-0.1, -0.05) is 58.9 Å². The molecule has 5 heteroatoms. The van der Waals surface area contributed by atoms with Crippen molar-refractivity contribution in [2.24, 2.45) is 11.8 Å². The van der Waals surface area contributed by atoms with Gasteiger partial charge in [-0.2, -0.15) is 0 Å². The van der Waals surface area contributed by atoms with Crippen molar-refractivity contribution in [3.63, 3.8) is 0 Å². The van der Waals surface area contributed by atoms with Gasteiger partial charge >= 0.3 is 6.09 Å². The Morgan fingerprint density at radius 2 is 1.71 bits per heavy atom. The summed E-state index contributed by atoms with van der Waals surface area (Å²) in [6, 6.07) is 8.58. The van der Waals surface area contributed by atoms with E-state index < -0.39 is 0 Å². The number of likely N-dealkylation sites (tertiary alicyclic amines) is 1. The number of carbonyl (C=O) groups excluding carboxylic acids is 2. The Balaban J connectivity index is 1.99. The lowest BCUT2D eigenvalue weighted by Crippen LogP contribution is -2.44. The number of hydrogen-bond donors (Lipinski definition) is 1. The van der Waals surface area contributed by atoms with Crippen LogP contribution in [0.3, 0.4) is 0 Å². The number of rotatable bonds is 5. The lowest BCUT2D eigenvalue weighted by atomic mass is 9.85. The fourth-order valence-electron chi connectivity index (χ4n) is 3.64. The lowest BCUT2D eigenvalue weighted by molar-refractivity contribution is -0.127. The summed E-state index contributed by atoms with van der Waals surface area (Å²) in [4.78, 5) is 26.4. The van der Waals surface area contributed by atoms with Crippen LogP contribution in [0.2, 0.25) is 0 Å². The highest BCUT2D eigenvalue weighted by atomic mass is 16.6. The van der Waals surface area contributed by atoms with E-state index in [4.69, 9.17) is 4.74 Å². The monoisotopic (exact) mass is 388 g/mol. The predicted molar refractivity (Wildman–Crippen MR) is 112 cm³/mol. The molecule has 0 aliphatic carbocycles. The summed E-state index contributed by atoms with van der Waals surface area (Å²) in [5.74, 6) is 0.326. The summed E-state index contributed by atoms with van der Waals surface area (Å²) in [6.07, 6.45) is 1.08. The Morgan fingerprint density at radius 1 is 1.14 bits per heavy atom. The van der Waals surface area contributed by atoms with Crippen LogP contribution in [0.15, 0.2) is 24.3 Å². The van der Waals surface area contributed by atoms with Crippen molar-refractivity contribution in [3.05, 3.63) is 35.4 Å². The second-order valence-corrected chi connectivity index (χ2v) is 9.06. The van der Waals surface area contributed by atoms with E-state index in [2.05, 4.69) is 64.2 Å². The second-order valence-electron chi connectivity index (χ2n) is 9.06. The zero-order valence-electron chi connectivity index (χ0n) is 18.2. The van der Waals surface area contributed by atoms with Crippen LogP contribution in [0.25, 0.3) is 0 Å². The van der Waals surface area contributed by atoms with Crippen LogP contribution in [-0.4, -0.2) is 36.6 Å². The first-order chi connectivity index (χ1) is 13.1. The van der Waals surface area contributed by atoms with Gasteiger partial charge in [-0.3, -0.25) is 4.79 Å². The zero-order valence-corrected chi connectivity index (χ0v) is 18.2. The summed E-state index contributed by atoms with van der Waals surface area (Å²) >= 11 is 0. The molecule has 1 heterocycles. The maximum Gasteiger partial charge on any atom is 0.409 e. The topological polar surface area (TPSA) is 58.6 Å². The molecule has 0 spiro atoms. The summed E-state index contributed by atoms with van der Waals surface area (Å²) in [5.41, 5.74) is 2.54. The van der Waals surface area contributed by atoms with Gasteiger partial charge in [-0.05, 0) is 42.2 Å². The second kappa shape index (κ2) is 9.44.